The molecule has 2 aliphatic rings. The summed E-state index contributed by atoms with van der Waals surface area (Å²) in [5.74, 6) is 0.309. The fourth-order valence-electron chi connectivity index (χ4n) is 5.08. The molecule has 2 saturated heterocycles. The molecule has 2 aliphatic heterocycles. The SMILES string of the molecule is C[C@@](O)(CN1CCN(c2ccc(C#N)cc2Cl)[C@H](c2ccc(Cl)cc2)C1)C1CCNCC1. The molecule has 2 atom stereocenters. The predicted octanol–water partition coefficient (Wildman–Crippen LogP) is 4.48. The number of nitrogens with zero attached hydrogens (tertiary/aromatic N) is 3. The fraction of sp³-hybridized carbons (Fsp3) is 0.480. The van der Waals surface area contributed by atoms with E-state index < -0.39 is 5.60 Å². The Bertz CT molecular complexity index is 967. The highest BCUT2D eigenvalue weighted by Gasteiger charge is 2.37. The standard InChI is InChI=1S/C25H30Cl2N4O/c1-25(32,20-8-10-29-11-9-20)17-30-12-13-31(23-7-2-18(15-28)14-22(23)27)24(16-30)19-3-5-21(26)6-4-19/h2-7,14,20,24,29,32H,8-13,16-17H2,1H3/t24-,25+/m0/s1. The van der Waals surface area contributed by atoms with Gasteiger partial charge in [-0.1, -0.05) is 35.3 Å². The van der Waals surface area contributed by atoms with Crippen LogP contribution >= 0.6 is 23.2 Å². The molecular formula is C25H30Cl2N4O. The van der Waals surface area contributed by atoms with Gasteiger partial charge < -0.3 is 15.3 Å². The third-order valence-electron chi connectivity index (χ3n) is 6.87. The number of piperazine rings is 1. The molecule has 0 aromatic heterocycles. The zero-order valence-corrected chi connectivity index (χ0v) is 19.9. The fourth-order valence-corrected chi connectivity index (χ4v) is 5.49. The van der Waals surface area contributed by atoms with E-state index in [-0.39, 0.29) is 6.04 Å². The van der Waals surface area contributed by atoms with Gasteiger partial charge in [-0.05, 0) is 74.7 Å². The minimum atomic E-state index is -0.721. The van der Waals surface area contributed by atoms with E-state index in [1.165, 1.54) is 0 Å². The summed E-state index contributed by atoms with van der Waals surface area (Å²) in [7, 11) is 0. The monoisotopic (exact) mass is 472 g/mol. The first kappa shape index (κ1) is 23.4. The van der Waals surface area contributed by atoms with E-state index in [1.807, 2.05) is 31.2 Å². The molecule has 4 rings (SSSR count). The molecule has 2 aromatic rings. The second kappa shape index (κ2) is 9.99. The van der Waals surface area contributed by atoms with E-state index in [4.69, 9.17) is 23.2 Å². The van der Waals surface area contributed by atoms with Crippen molar-refractivity contribution in [3.8, 4) is 6.07 Å². The Balaban J connectivity index is 1.58. The van der Waals surface area contributed by atoms with Crippen LogP contribution < -0.4 is 10.2 Å². The van der Waals surface area contributed by atoms with Crippen LogP contribution in [0.25, 0.3) is 0 Å². The molecule has 2 aromatic carbocycles. The van der Waals surface area contributed by atoms with E-state index in [9.17, 15) is 10.4 Å². The number of nitrogens with one attached hydrogen (secondary N) is 1. The maximum absolute atomic E-state index is 11.3. The third-order valence-corrected chi connectivity index (χ3v) is 7.42. The topological polar surface area (TPSA) is 62.5 Å². The van der Waals surface area contributed by atoms with Gasteiger partial charge in [-0.3, -0.25) is 4.90 Å². The van der Waals surface area contributed by atoms with Gasteiger partial charge in [-0.2, -0.15) is 5.26 Å². The number of anilines is 1. The van der Waals surface area contributed by atoms with Crippen LogP contribution in [0.2, 0.25) is 10.0 Å². The highest BCUT2D eigenvalue weighted by atomic mass is 35.5. The summed E-state index contributed by atoms with van der Waals surface area (Å²) in [6.45, 7) is 6.97. The first-order valence-electron chi connectivity index (χ1n) is 11.2. The average molecular weight is 473 g/mol. The maximum Gasteiger partial charge on any atom is 0.0992 e. The highest BCUT2D eigenvalue weighted by Crippen LogP contribution is 2.37. The summed E-state index contributed by atoms with van der Waals surface area (Å²) in [5.41, 5.74) is 1.91. The van der Waals surface area contributed by atoms with E-state index >= 15 is 0 Å². The molecule has 0 bridgehead atoms. The number of nitriles is 1. The highest BCUT2D eigenvalue weighted by molar-refractivity contribution is 6.33. The average Bonchev–Trinajstić information content (AvgIpc) is 2.80. The molecule has 2 heterocycles. The number of aliphatic hydroxyl groups is 1. The summed E-state index contributed by atoms with van der Waals surface area (Å²) in [5, 5.41) is 25.2. The lowest BCUT2D eigenvalue weighted by Crippen LogP contribution is -2.55. The van der Waals surface area contributed by atoms with Crippen LogP contribution in [0.3, 0.4) is 0 Å². The van der Waals surface area contributed by atoms with Gasteiger partial charge in [0.15, 0.2) is 0 Å². The molecule has 7 heteroatoms. The van der Waals surface area contributed by atoms with Gasteiger partial charge in [0.1, 0.15) is 0 Å². The third kappa shape index (κ3) is 5.22. The molecule has 0 unspecified atom stereocenters. The minimum absolute atomic E-state index is 0.0651. The second-order valence-electron chi connectivity index (χ2n) is 9.16. The van der Waals surface area contributed by atoms with Crippen molar-refractivity contribution in [2.45, 2.75) is 31.4 Å². The number of benzene rings is 2. The number of β-amino-alcohol motifs (C(OH)–C–C–N with tert-alkyl or cyclic N) is 1. The number of hydrogen-bond acceptors (Lipinski definition) is 5. The van der Waals surface area contributed by atoms with Crippen molar-refractivity contribution in [1.29, 1.82) is 5.26 Å². The molecule has 2 N–H and O–H groups in total. The minimum Gasteiger partial charge on any atom is -0.389 e. The van der Waals surface area contributed by atoms with Crippen molar-refractivity contribution in [3.05, 3.63) is 63.6 Å². The van der Waals surface area contributed by atoms with Crippen LogP contribution in [-0.2, 0) is 0 Å². The van der Waals surface area contributed by atoms with E-state index in [2.05, 4.69) is 33.3 Å². The normalized spacial score (nSPS) is 22.3. The molecule has 0 spiro atoms. The summed E-state index contributed by atoms with van der Waals surface area (Å²) >= 11 is 12.7. The van der Waals surface area contributed by atoms with Crippen LogP contribution in [0, 0.1) is 17.2 Å². The van der Waals surface area contributed by atoms with Crippen molar-refractivity contribution in [2.24, 2.45) is 5.92 Å². The van der Waals surface area contributed by atoms with Gasteiger partial charge in [-0.25, -0.2) is 0 Å². The Kier molecular flexibility index (Phi) is 7.29. The molecule has 5 nitrogen and oxygen atoms in total. The number of piperidine rings is 1. The summed E-state index contributed by atoms with van der Waals surface area (Å²) in [4.78, 5) is 4.68. The number of rotatable bonds is 5. The van der Waals surface area contributed by atoms with Gasteiger partial charge in [0.05, 0.1) is 34.0 Å². The first-order chi connectivity index (χ1) is 15.4. The Labute approximate surface area is 200 Å². The summed E-state index contributed by atoms with van der Waals surface area (Å²) < 4.78 is 0. The lowest BCUT2D eigenvalue weighted by atomic mass is 9.81. The second-order valence-corrected chi connectivity index (χ2v) is 10.00. The molecule has 2 fully saturated rings. The Morgan fingerprint density at radius 2 is 1.84 bits per heavy atom. The molecule has 0 radical (unpaired) electrons. The lowest BCUT2D eigenvalue weighted by Gasteiger charge is -2.46. The molecule has 0 saturated carbocycles. The Morgan fingerprint density at radius 1 is 1.12 bits per heavy atom. The maximum atomic E-state index is 11.3. The molecular weight excluding hydrogens is 443 g/mol. The van der Waals surface area contributed by atoms with Crippen LogP contribution in [0.1, 0.15) is 36.9 Å². The van der Waals surface area contributed by atoms with Crippen LogP contribution in [0.4, 0.5) is 5.69 Å². The van der Waals surface area contributed by atoms with Gasteiger partial charge in [0.25, 0.3) is 0 Å². The van der Waals surface area contributed by atoms with Crippen molar-refractivity contribution in [3.63, 3.8) is 0 Å². The summed E-state index contributed by atoms with van der Waals surface area (Å²) in [6, 6.07) is 15.6. The smallest absolute Gasteiger partial charge is 0.0992 e. The van der Waals surface area contributed by atoms with E-state index in [0.29, 0.717) is 28.1 Å². The lowest BCUT2D eigenvalue weighted by molar-refractivity contribution is -0.0437. The molecule has 170 valence electrons. The van der Waals surface area contributed by atoms with Gasteiger partial charge in [0.2, 0.25) is 0 Å². The predicted molar refractivity (Wildman–Crippen MR) is 130 cm³/mol. The van der Waals surface area contributed by atoms with Gasteiger partial charge >= 0.3 is 0 Å². The van der Waals surface area contributed by atoms with Gasteiger partial charge in [0, 0.05) is 31.2 Å². The summed E-state index contributed by atoms with van der Waals surface area (Å²) in [6.07, 6.45) is 2.02. The van der Waals surface area contributed by atoms with Crippen LogP contribution in [0.5, 0.6) is 0 Å². The first-order valence-corrected chi connectivity index (χ1v) is 12.0. The van der Waals surface area contributed by atoms with Crippen molar-refractivity contribution in [1.82, 2.24) is 10.2 Å². The Hall–Kier alpha value is -1.81. The molecule has 32 heavy (non-hydrogen) atoms. The van der Waals surface area contributed by atoms with Crippen molar-refractivity contribution in [2.75, 3.05) is 44.2 Å². The zero-order chi connectivity index (χ0) is 22.7. The zero-order valence-electron chi connectivity index (χ0n) is 18.4. The van der Waals surface area contributed by atoms with E-state index in [0.717, 1.165) is 56.8 Å². The van der Waals surface area contributed by atoms with E-state index in [1.54, 1.807) is 6.07 Å². The largest absolute Gasteiger partial charge is 0.389 e. The quantitative estimate of drug-likeness (QED) is 0.671. The number of halogens is 2. The Morgan fingerprint density at radius 3 is 2.50 bits per heavy atom. The van der Waals surface area contributed by atoms with Crippen LogP contribution in [-0.4, -0.2) is 54.9 Å². The molecule has 0 aliphatic carbocycles. The number of hydrogen-bond donors (Lipinski definition) is 2. The van der Waals surface area contributed by atoms with Crippen molar-refractivity contribution >= 4 is 28.9 Å². The van der Waals surface area contributed by atoms with Crippen LogP contribution in [0.15, 0.2) is 42.5 Å². The van der Waals surface area contributed by atoms with Gasteiger partial charge in [-0.15, -0.1) is 0 Å². The molecule has 0 amide bonds. The van der Waals surface area contributed by atoms with Crippen molar-refractivity contribution < 1.29 is 5.11 Å².